The Hall–Kier alpha value is -2.49. The van der Waals surface area contributed by atoms with E-state index in [1.807, 2.05) is 11.0 Å². The Morgan fingerprint density at radius 2 is 1.85 bits per heavy atom. The number of aryl methyl sites for hydroxylation is 1. The molecule has 4 rings (SSSR count). The molecule has 9 nitrogen and oxygen atoms in total. The van der Waals surface area contributed by atoms with Crippen LogP contribution in [-0.2, 0) is 21.2 Å². The highest BCUT2D eigenvalue weighted by atomic mass is 32.2. The van der Waals surface area contributed by atoms with Crippen LogP contribution >= 0.6 is 0 Å². The molecule has 26 heavy (non-hydrogen) atoms. The Bertz CT molecular complexity index is 871. The van der Waals surface area contributed by atoms with Gasteiger partial charge in [-0.1, -0.05) is 0 Å². The second-order valence-electron chi connectivity index (χ2n) is 6.56. The van der Waals surface area contributed by atoms with Crippen LogP contribution in [0, 0.1) is 0 Å². The first-order chi connectivity index (χ1) is 12.5. The van der Waals surface area contributed by atoms with Crippen LogP contribution in [0.2, 0.25) is 0 Å². The van der Waals surface area contributed by atoms with Gasteiger partial charge in [0.25, 0.3) is 0 Å². The fourth-order valence-corrected chi connectivity index (χ4v) is 5.72. The molecule has 2 aliphatic heterocycles. The summed E-state index contributed by atoms with van der Waals surface area (Å²) >= 11 is 0. The van der Waals surface area contributed by atoms with Gasteiger partial charge in [-0.2, -0.15) is 5.10 Å². The number of rotatable bonds is 4. The Morgan fingerprint density at radius 3 is 2.58 bits per heavy atom. The SMILES string of the molecule is O=C(CCn1cccn1)N1CCN(c2ncccn2)[C@@H]2CS(=O)(=O)C[C@@H]21. The highest BCUT2D eigenvalue weighted by Gasteiger charge is 2.48. The van der Waals surface area contributed by atoms with Gasteiger partial charge in [0.05, 0.1) is 23.6 Å². The molecule has 2 aromatic rings. The standard InChI is InChI=1S/C16H20N6O3S/c23-15(3-8-20-7-2-6-19-20)21-9-10-22(16-17-4-1-5-18-16)14-12-26(24,25)11-13(14)21/h1-2,4-7,13-14H,3,8-12H2/t13-,14+/m0/s1. The second kappa shape index (κ2) is 6.67. The van der Waals surface area contributed by atoms with Gasteiger partial charge in [-0.15, -0.1) is 0 Å². The molecule has 138 valence electrons. The third kappa shape index (κ3) is 3.28. The number of hydrogen-bond acceptors (Lipinski definition) is 7. The van der Waals surface area contributed by atoms with E-state index >= 15 is 0 Å². The summed E-state index contributed by atoms with van der Waals surface area (Å²) in [6, 6.07) is 2.87. The first-order valence-electron chi connectivity index (χ1n) is 8.54. The zero-order valence-corrected chi connectivity index (χ0v) is 15.0. The van der Waals surface area contributed by atoms with Crippen LogP contribution < -0.4 is 4.90 Å². The molecular weight excluding hydrogens is 356 g/mol. The lowest BCUT2D eigenvalue weighted by Gasteiger charge is -2.43. The number of nitrogens with zero attached hydrogens (tertiary/aromatic N) is 6. The van der Waals surface area contributed by atoms with Crippen molar-refractivity contribution in [3.05, 3.63) is 36.9 Å². The van der Waals surface area contributed by atoms with Crippen molar-refractivity contribution in [1.82, 2.24) is 24.6 Å². The molecule has 0 spiro atoms. The first kappa shape index (κ1) is 17.0. The van der Waals surface area contributed by atoms with Crippen molar-refractivity contribution in [2.45, 2.75) is 25.0 Å². The molecule has 2 atom stereocenters. The van der Waals surface area contributed by atoms with Gasteiger partial charge >= 0.3 is 0 Å². The fraction of sp³-hybridized carbons (Fsp3) is 0.500. The number of fused-ring (bicyclic) bond motifs is 1. The van der Waals surface area contributed by atoms with E-state index in [4.69, 9.17) is 0 Å². The van der Waals surface area contributed by atoms with Crippen LogP contribution in [0.1, 0.15) is 6.42 Å². The number of sulfone groups is 1. The lowest BCUT2D eigenvalue weighted by molar-refractivity contribution is -0.134. The number of carbonyl (C=O) groups is 1. The average Bonchev–Trinajstić information content (AvgIpc) is 3.25. The van der Waals surface area contributed by atoms with Gasteiger partial charge in [0.15, 0.2) is 9.84 Å². The Kier molecular flexibility index (Phi) is 4.35. The van der Waals surface area contributed by atoms with Gasteiger partial charge in [0, 0.05) is 50.8 Å². The summed E-state index contributed by atoms with van der Waals surface area (Å²) in [6.07, 6.45) is 7.06. The van der Waals surface area contributed by atoms with Crippen molar-refractivity contribution in [1.29, 1.82) is 0 Å². The molecule has 2 saturated heterocycles. The van der Waals surface area contributed by atoms with Crippen molar-refractivity contribution in [2.24, 2.45) is 0 Å². The molecule has 0 saturated carbocycles. The highest BCUT2D eigenvalue weighted by molar-refractivity contribution is 7.91. The highest BCUT2D eigenvalue weighted by Crippen LogP contribution is 2.29. The maximum Gasteiger partial charge on any atom is 0.225 e. The number of anilines is 1. The van der Waals surface area contributed by atoms with Crippen LogP contribution in [0.5, 0.6) is 0 Å². The summed E-state index contributed by atoms with van der Waals surface area (Å²) in [5.41, 5.74) is 0. The monoisotopic (exact) mass is 376 g/mol. The van der Waals surface area contributed by atoms with Gasteiger partial charge in [0.2, 0.25) is 11.9 Å². The van der Waals surface area contributed by atoms with E-state index < -0.39 is 9.84 Å². The summed E-state index contributed by atoms with van der Waals surface area (Å²) in [5, 5.41) is 4.10. The number of hydrogen-bond donors (Lipinski definition) is 0. The molecule has 0 unspecified atom stereocenters. The van der Waals surface area contributed by atoms with Crippen LogP contribution in [0.3, 0.4) is 0 Å². The molecule has 2 fully saturated rings. The Labute approximate surface area is 151 Å². The van der Waals surface area contributed by atoms with Gasteiger partial charge in [-0.25, -0.2) is 18.4 Å². The largest absolute Gasteiger partial charge is 0.335 e. The minimum absolute atomic E-state index is 0.00545. The topological polar surface area (TPSA) is 101 Å². The number of piperazine rings is 1. The summed E-state index contributed by atoms with van der Waals surface area (Å²) in [4.78, 5) is 24.9. The van der Waals surface area contributed by atoms with Crippen LogP contribution in [0.4, 0.5) is 5.95 Å². The molecule has 4 heterocycles. The maximum absolute atomic E-state index is 12.7. The lowest BCUT2D eigenvalue weighted by atomic mass is 10.0. The van der Waals surface area contributed by atoms with E-state index in [1.54, 1.807) is 40.4 Å². The maximum atomic E-state index is 12.7. The van der Waals surface area contributed by atoms with Gasteiger partial charge in [-0.3, -0.25) is 9.48 Å². The van der Waals surface area contributed by atoms with Crippen molar-refractivity contribution in [3.63, 3.8) is 0 Å². The van der Waals surface area contributed by atoms with E-state index in [9.17, 15) is 13.2 Å². The predicted octanol–water partition coefficient (Wildman–Crippen LogP) is -0.422. The number of amides is 1. The molecule has 2 aromatic heterocycles. The van der Waals surface area contributed by atoms with Crippen LogP contribution in [0.15, 0.2) is 36.9 Å². The molecule has 0 N–H and O–H groups in total. The molecule has 10 heteroatoms. The number of carbonyl (C=O) groups excluding carboxylic acids is 1. The first-order valence-corrected chi connectivity index (χ1v) is 10.4. The second-order valence-corrected chi connectivity index (χ2v) is 8.71. The molecule has 2 aliphatic rings. The van der Waals surface area contributed by atoms with Gasteiger partial charge in [-0.05, 0) is 12.1 Å². The Balaban J connectivity index is 1.52. The minimum Gasteiger partial charge on any atom is -0.335 e. The van der Waals surface area contributed by atoms with Crippen molar-refractivity contribution in [3.8, 4) is 0 Å². The summed E-state index contributed by atoms with van der Waals surface area (Å²) < 4.78 is 26.2. The minimum atomic E-state index is -3.20. The van der Waals surface area contributed by atoms with E-state index in [1.165, 1.54) is 0 Å². The van der Waals surface area contributed by atoms with E-state index in [0.29, 0.717) is 32.0 Å². The molecule has 0 aliphatic carbocycles. The average molecular weight is 376 g/mol. The predicted molar refractivity (Wildman–Crippen MR) is 94.2 cm³/mol. The normalized spacial score (nSPS) is 24.5. The zero-order valence-electron chi connectivity index (χ0n) is 14.2. The molecular formula is C16H20N6O3S. The fourth-order valence-electron chi connectivity index (χ4n) is 3.74. The smallest absolute Gasteiger partial charge is 0.225 e. The molecule has 0 radical (unpaired) electrons. The summed E-state index contributed by atoms with van der Waals surface area (Å²) in [7, 11) is -3.20. The number of aromatic nitrogens is 4. The van der Waals surface area contributed by atoms with Crippen LogP contribution in [-0.4, -0.2) is 75.7 Å². The van der Waals surface area contributed by atoms with E-state index in [0.717, 1.165) is 0 Å². The Morgan fingerprint density at radius 1 is 1.08 bits per heavy atom. The van der Waals surface area contributed by atoms with Crippen molar-refractivity contribution >= 4 is 21.7 Å². The van der Waals surface area contributed by atoms with Crippen molar-refractivity contribution < 1.29 is 13.2 Å². The molecule has 1 amide bonds. The molecule has 0 bridgehead atoms. The third-order valence-electron chi connectivity index (χ3n) is 4.92. The van der Waals surface area contributed by atoms with Crippen molar-refractivity contribution in [2.75, 3.05) is 29.5 Å². The quantitative estimate of drug-likeness (QED) is 0.714. The lowest BCUT2D eigenvalue weighted by Crippen LogP contribution is -2.61. The van der Waals surface area contributed by atoms with Gasteiger partial charge in [0.1, 0.15) is 0 Å². The summed E-state index contributed by atoms with van der Waals surface area (Å²) in [6.45, 7) is 1.47. The molecule has 0 aromatic carbocycles. The van der Waals surface area contributed by atoms with Gasteiger partial charge < -0.3 is 9.80 Å². The van der Waals surface area contributed by atoms with Crippen LogP contribution in [0.25, 0.3) is 0 Å². The third-order valence-corrected chi connectivity index (χ3v) is 6.62. The zero-order chi connectivity index (χ0) is 18.1. The summed E-state index contributed by atoms with van der Waals surface area (Å²) in [5.74, 6) is 0.498. The van der Waals surface area contributed by atoms with E-state index in [2.05, 4.69) is 15.1 Å². The van der Waals surface area contributed by atoms with E-state index in [-0.39, 0.29) is 29.5 Å².